The van der Waals surface area contributed by atoms with Crippen LogP contribution in [0.1, 0.15) is 5.56 Å². The minimum atomic E-state index is -0.448. The molecule has 0 amide bonds. The molecule has 118 valence electrons. The predicted octanol–water partition coefficient (Wildman–Crippen LogP) is 5.65. The number of benzene rings is 2. The van der Waals surface area contributed by atoms with Gasteiger partial charge in [0.15, 0.2) is 0 Å². The zero-order valence-electron chi connectivity index (χ0n) is 12.1. The molecule has 3 rings (SSSR count). The lowest BCUT2D eigenvalue weighted by molar-refractivity contribution is 1.22. The first-order valence-corrected chi connectivity index (χ1v) is 8.43. The summed E-state index contributed by atoms with van der Waals surface area (Å²) in [5.74, 6) is 0. The van der Waals surface area contributed by atoms with Crippen LogP contribution in [0.5, 0.6) is 0 Å². The predicted molar refractivity (Wildman–Crippen MR) is 100 cm³/mol. The summed E-state index contributed by atoms with van der Waals surface area (Å²) in [6.07, 6.45) is 0. The highest BCUT2D eigenvalue weighted by Gasteiger charge is 2.13. The molecule has 0 aliphatic rings. The van der Waals surface area contributed by atoms with Gasteiger partial charge in [0.2, 0.25) is 0 Å². The number of pyridine rings is 1. The van der Waals surface area contributed by atoms with E-state index in [1.807, 2.05) is 30.3 Å². The van der Waals surface area contributed by atoms with Crippen molar-refractivity contribution in [3.63, 3.8) is 0 Å². The van der Waals surface area contributed by atoms with Crippen molar-refractivity contribution in [2.75, 3.05) is 0 Å². The molecule has 0 aliphatic carbocycles. The number of aromatic nitrogens is 1. The molecule has 3 aromatic rings. The molecule has 0 atom stereocenters. The zero-order valence-corrected chi connectivity index (χ0v) is 15.2. The van der Waals surface area contributed by atoms with Gasteiger partial charge >= 0.3 is 0 Å². The number of aromatic amines is 1. The van der Waals surface area contributed by atoms with E-state index in [0.29, 0.717) is 26.9 Å². The van der Waals surface area contributed by atoms with Gasteiger partial charge in [0.05, 0.1) is 10.0 Å². The molecule has 24 heavy (non-hydrogen) atoms. The first kappa shape index (κ1) is 16.8. The SMILES string of the molecule is N#Cc1c(-c2cccc(Br)c2)cc(-c2ccc(Cl)c(Cl)c2)[nH]c1=O. The molecule has 0 unspecified atom stereocenters. The van der Waals surface area contributed by atoms with Crippen LogP contribution in [0.15, 0.2) is 57.8 Å². The van der Waals surface area contributed by atoms with Crippen molar-refractivity contribution in [3.8, 4) is 28.5 Å². The third-order valence-corrected chi connectivity index (χ3v) is 4.74. The molecule has 0 fully saturated rings. The Balaban J connectivity index is 2.26. The molecule has 1 aromatic heterocycles. The van der Waals surface area contributed by atoms with Crippen LogP contribution >= 0.6 is 39.1 Å². The molecule has 3 nitrogen and oxygen atoms in total. The van der Waals surface area contributed by atoms with E-state index in [9.17, 15) is 10.1 Å². The fourth-order valence-corrected chi connectivity index (χ4v) is 3.07. The fourth-order valence-electron chi connectivity index (χ4n) is 2.37. The van der Waals surface area contributed by atoms with Gasteiger partial charge in [-0.1, -0.05) is 57.3 Å². The second-order valence-electron chi connectivity index (χ2n) is 5.05. The maximum absolute atomic E-state index is 12.3. The Morgan fingerprint density at radius 3 is 2.46 bits per heavy atom. The number of nitrogens with one attached hydrogen (secondary N) is 1. The summed E-state index contributed by atoms with van der Waals surface area (Å²) in [6, 6.07) is 16.3. The zero-order chi connectivity index (χ0) is 17.3. The molecule has 1 heterocycles. The Kier molecular flexibility index (Phi) is 4.77. The molecule has 6 heteroatoms. The number of nitriles is 1. The van der Waals surface area contributed by atoms with Crippen LogP contribution in [0, 0.1) is 11.3 Å². The van der Waals surface area contributed by atoms with E-state index in [-0.39, 0.29) is 5.56 Å². The molecule has 0 saturated heterocycles. The van der Waals surface area contributed by atoms with Crippen LogP contribution in [0.2, 0.25) is 10.0 Å². The highest BCUT2D eigenvalue weighted by molar-refractivity contribution is 9.10. The topological polar surface area (TPSA) is 56.6 Å². The average molecular weight is 420 g/mol. The first-order valence-electron chi connectivity index (χ1n) is 6.88. The van der Waals surface area contributed by atoms with Gasteiger partial charge in [-0.15, -0.1) is 0 Å². The first-order chi connectivity index (χ1) is 11.5. The smallest absolute Gasteiger partial charge is 0.266 e. The van der Waals surface area contributed by atoms with Crippen LogP contribution in [0.3, 0.4) is 0 Å². The van der Waals surface area contributed by atoms with Crippen molar-refractivity contribution in [3.05, 3.63) is 79.0 Å². The van der Waals surface area contributed by atoms with Gasteiger partial charge in [0.1, 0.15) is 11.6 Å². The Morgan fingerprint density at radius 2 is 1.79 bits per heavy atom. The Morgan fingerprint density at radius 1 is 1.00 bits per heavy atom. The highest BCUT2D eigenvalue weighted by Crippen LogP contribution is 2.31. The van der Waals surface area contributed by atoms with Crippen molar-refractivity contribution >= 4 is 39.1 Å². The third kappa shape index (κ3) is 3.25. The van der Waals surface area contributed by atoms with Gasteiger partial charge < -0.3 is 4.98 Å². The van der Waals surface area contributed by atoms with Crippen molar-refractivity contribution in [1.82, 2.24) is 4.98 Å². The number of nitrogens with zero attached hydrogens (tertiary/aromatic N) is 1. The molecule has 1 N–H and O–H groups in total. The van der Waals surface area contributed by atoms with Crippen molar-refractivity contribution in [1.29, 1.82) is 5.26 Å². The van der Waals surface area contributed by atoms with E-state index in [1.54, 1.807) is 24.3 Å². The van der Waals surface area contributed by atoms with Crippen molar-refractivity contribution in [2.45, 2.75) is 0 Å². The maximum atomic E-state index is 12.3. The molecule has 0 aliphatic heterocycles. The summed E-state index contributed by atoms with van der Waals surface area (Å²) in [4.78, 5) is 15.0. The van der Waals surface area contributed by atoms with Gasteiger partial charge in [0.25, 0.3) is 5.56 Å². The van der Waals surface area contributed by atoms with Gasteiger partial charge in [0, 0.05) is 15.7 Å². The quantitative estimate of drug-likeness (QED) is 0.583. The normalized spacial score (nSPS) is 10.4. The standard InChI is InChI=1S/C18H9BrCl2N2O/c19-12-3-1-2-10(6-12)13-8-17(23-18(24)14(13)9-22)11-4-5-15(20)16(21)7-11/h1-8H,(H,23,24). The maximum Gasteiger partial charge on any atom is 0.266 e. The van der Waals surface area contributed by atoms with E-state index in [0.717, 1.165) is 10.0 Å². The molecule has 0 spiro atoms. The highest BCUT2D eigenvalue weighted by atomic mass is 79.9. The van der Waals surface area contributed by atoms with E-state index in [1.165, 1.54) is 0 Å². The number of H-pyrrole nitrogens is 1. The average Bonchev–Trinajstić information content (AvgIpc) is 2.56. The van der Waals surface area contributed by atoms with Gasteiger partial charge in [-0.3, -0.25) is 4.79 Å². The molecule has 2 aromatic carbocycles. The van der Waals surface area contributed by atoms with Crippen LogP contribution < -0.4 is 5.56 Å². The summed E-state index contributed by atoms with van der Waals surface area (Å²) >= 11 is 15.4. The summed E-state index contributed by atoms with van der Waals surface area (Å²) < 4.78 is 0.861. The summed E-state index contributed by atoms with van der Waals surface area (Å²) in [6.45, 7) is 0. The Hall–Kier alpha value is -2.06. The summed E-state index contributed by atoms with van der Waals surface area (Å²) in [7, 11) is 0. The Labute approximate surface area is 156 Å². The van der Waals surface area contributed by atoms with E-state index in [4.69, 9.17) is 23.2 Å². The molecule has 0 saturated carbocycles. The van der Waals surface area contributed by atoms with Crippen LogP contribution in [0.4, 0.5) is 0 Å². The minimum absolute atomic E-state index is 0.0666. The lowest BCUT2D eigenvalue weighted by atomic mass is 9.99. The lowest BCUT2D eigenvalue weighted by Gasteiger charge is -2.09. The summed E-state index contributed by atoms with van der Waals surface area (Å²) in [5.41, 5.74) is 2.22. The monoisotopic (exact) mass is 418 g/mol. The lowest BCUT2D eigenvalue weighted by Crippen LogP contribution is -2.12. The van der Waals surface area contributed by atoms with E-state index in [2.05, 4.69) is 20.9 Å². The number of rotatable bonds is 2. The van der Waals surface area contributed by atoms with Gasteiger partial charge in [-0.25, -0.2) is 0 Å². The van der Waals surface area contributed by atoms with Crippen LogP contribution in [-0.4, -0.2) is 4.98 Å². The van der Waals surface area contributed by atoms with Crippen LogP contribution in [0.25, 0.3) is 22.4 Å². The van der Waals surface area contributed by atoms with Gasteiger partial charge in [-0.05, 0) is 41.5 Å². The van der Waals surface area contributed by atoms with E-state index >= 15 is 0 Å². The third-order valence-electron chi connectivity index (χ3n) is 3.51. The fraction of sp³-hybridized carbons (Fsp3) is 0. The minimum Gasteiger partial charge on any atom is -0.321 e. The molecular formula is C18H9BrCl2N2O. The number of hydrogen-bond acceptors (Lipinski definition) is 2. The second kappa shape index (κ2) is 6.82. The number of hydrogen-bond donors (Lipinski definition) is 1. The van der Waals surface area contributed by atoms with Crippen LogP contribution in [-0.2, 0) is 0 Å². The largest absolute Gasteiger partial charge is 0.321 e. The Bertz CT molecular complexity index is 1040. The number of halogens is 3. The molecule has 0 radical (unpaired) electrons. The molecule has 0 bridgehead atoms. The van der Waals surface area contributed by atoms with E-state index < -0.39 is 5.56 Å². The molecular weight excluding hydrogens is 411 g/mol. The second-order valence-corrected chi connectivity index (χ2v) is 6.78. The van der Waals surface area contributed by atoms with Crippen molar-refractivity contribution < 1.29 is 0 Å². The summed E-state index contributed by atoms with van der Waals surface area (Å²) in [5, 5.41) is 10.2. The van der Waals surface area contributed by atoms with Crippen molar-refractivity contribution in [2.24, 2.45) is 0 Å². The van der Waals surface area contributed by atoms with Gasteiger partial charge in [-0.2, -0.15) is 5.26 Å².